The van der Waals surface area contributed by atoms with Crippen molar-refractivity contribution in [2.24, 2.45) is 0 Å². The molecule has 1 atom stereocenters. The van der Waals surface area contributed by atoms with Crippen molar-refractivity contribution >= 4 is 5.82 Å². The maximum Gasteiger partial charge on any atom is 0.147 e. The molecule has 1 aromatic carbocycles. The van der Waals surface area contributed by atoms with Gasteiger partial charge >= 0.3 is 0 Å². The van der Waals surface area contributed by atoms with Gasteiger partial charge in [-0.1, -0.05) is 12.1 Å². The van der Waals surface area contributed by atoms with Crippen molar-refractivity contribution in [1.82, 2.24) is 9.97 Å². The van der Waals surface area contributed by atoms with Gasteiger partial charge in [0.05, 0.1) is 26.0 Å². The number of rotatable bonds is 4. The summed E-state index contributed by atoms with van der Waals surface area (Å²) in [5, 5.41) is 9.86. The number of aliphatic hydroxyl groups excluding tert-OH is 1. The van der Waals surface area contributed by atoms with Crippen molar-refractivity contribution in [3.8, 4) is 0 Å². The molecule has 0 spiro atoms. The van der Waals surface area contributed by atoms with Gasteiger partial charge in [0.25, 0.3) is 0 Å². The number of aromatic nitrogens is 2. The Morgan fingerprint density at radius 3 is 3.00 bits per heavy atom. The van der Waals surface area contributed by atoms with E-state index in [2.05, 4.69) is 9.97 Å². The number of hydrogen-bond donors (Lipinski definition) is 1. The van der Waals surface area contributed by atoms with Crippen LogP contribution >= 0.6 is 0 Å². The lowest BCUT2D eigenvalue weighted by atomic mass is 9.93. The SMILES string of the molecule is OC[C@@]1(Cc2cccc(F)c2)CN(c2cnccn2)CCO1. The maximum absolute atomic E-state index is 13.4. The van der Waals surface area contributed by atoms with E-state index < -0.39 is 5.60 Å². The predicted molar refractivity (Wildman–Crippen MR) is 80.1 cm³/mol. The van der Waals surface area contributed by atoms with Gasteiger partial charge in [-0.25, -0.2) is 9.37 Å². The van der Waals surface area contributed by atoms with E-state index in [0.717, 1.165) is 11.4 Å². The third-order valence-corrected chi connectivity index (χ3v) is 3.83. The van der Waals surface area contributed by atoms with Crippen LogP contribution in [0.15, 0.2) is 42.9 Å². The van der Waals surface area contributed by atoms with Crippen LogP contribution in [-0.2, 0) is 11.2 Å². The third kappa shape index (κ3) is 3.23. The molecule has 1 fully saturated rings. The molecule has 1 aromatic heterocycles. The fourth-order valence-electron chi connectivity index (χ4n) is 2.77. The van der Waals surface area contributed by atoms with Crippen LogP contribution in [-0.4, -0.2) is 47.0 Å². The number of anilines is 1. The molecular weight excluding hydrogens is 285 g/mol. The average molecular weight is 303 g/mol. The molecule has 2 heterocycles. The molecule has 6 heteroatoms. The number of aliphatic hydroxyl groups is 1. The molecule has 2 aromatic rings. The van der Waals surface area contributed by atoms with Gasteiger partial charge in [-0.3, -0.25) is 4.98 Å². The van der Waals surface area contributed by atoms with Crippen LogP contribution in [0.2, 0.25) is 0 Å². The Hall–Kier alpha value is -2.05. The van der Waals surface area contributed by atoms with Gasteiger partial charge in [-0.2, -0.15) is 0 Å². The zero-order chi connectivity index (χ0) is 15.4. The van der Waals surface area contributed by atoms with Crippen molar-refractivity contribution in [1.29, 1.82) is 0 Å². The van der Waals surface area contributed by atoms with E-state index >= 15 is 0 Å². The second-order valence-electron chi connectivity index (χ2n) is 5.48. The molecular formula is C16H18FN3O2. The van der Waals surface area contributed by atoms with Crippen molar-refractivity contribution in [2.75, 3.05) is 31.2 Å². The lowest BCUT2D eigenvalue weighted by molar-refractivity contribution is -0.0869. The molecule has 116 valence electrons. The van der Waals surface area contributed by atoms with Crippen molar-refractivity contribution in [3.63, 3.8) is 0 Å². The lowest BCUT2D eigenvalue weighted by Crippen LogP contribution is -2.55. The van der Waals surface area contributed by atoms with Crippen LogP contribution in [0.25, 0.3) is 0 Å². The van der Waals surface area contributed by atoms with Gasteiger partial charge in [0, 0.05) is 25.4 Å². The summed E-state index contributed by atoms with van der Waals surface area (Å²) >= 11 is 0. The first kappa shape index (κ1) is 14.9. The van der Waals surface area contributed by atoms with Crippen LogP contribution in [0.3, 0.4) is 0 Å². The second kappa shape index (κ2) is 6.37. The van der Waals surface area contributed by atoms with E-state index in [9.17, 15) is 9.50 Å². The number of morpholine rings is 1. The highest BCUT2D eigenvalue weighted by atomic mass is 19.1. The summed E-state index contributed by atoms with van der Waals surface area (Å²) in [5.74, 6) is 0.468. The van der Waals surface area contributed by atoms with Gasteiger partial charge in [-0.05, 0) is 17.7 Å². The van der Waals surface area contributed by atoms with E-state index in [-0.39, 0.29) is 12.4 Å². The minimum atomic E-state index is -0.760. The zero-order valence-corrected chi connectivity index (χ0v) is 12.2. The van der Waals surface area contributed by atoms with Gasteiger partial charge in [0.2, 0.25) is 0 Å². The van der Waals surface area contributed by atoms with Gasteiger partial charge < -0.3 is 14.7 Å². The molecule has 0 saturated carbocycles. The Balaban J connectivity index is 1.80. The molecule has 0 bridgehead atoms. The highest BCUT2D eigenvalue weighted by Crippen LogP contribution is 2.25. The number of nitrogens with zero attached hydrogens (tertiary/aromatic N) is 3. The van der Waals surface area contributed by atoms with Crippen LogP contribution in [0, 0.1) is 5.82 Å². The second-order valence-corrected chi connectivity index (χ2v) is 5.48. The molecule has 0 radical (unpaired) electrons. The first-order chi connectivity index (χ1) is 10.7. The minimum absolute atomic E-state index is 0.139. The Morgan fingerprint density at radius 2 is 2.27 bits per heavy atom. The van der Waals surface area contributed by atoms with Crippen LogP contribution < -0.4 is 4.90 Å². The summed E-state index contributed by atoms with van der Waals surface area (Å²) < 4.78 is 19.2. The van der Waals surface area contributed by atoms with E-state index in [1.165, 1.54) is 12.1 Å². The van der Waals surface area contributed by atoms with Crippen LogP contribution in [0.5, 0.6) is 0 Å². The molecule has 0 unspecified atom stereocenters. The normalized spacial score (nSPS) is 21.8. The van der Waals surface area contributed by atoms with E-state index in [4.69, 9.17) is 4.74 Å². The third-order valence-electron chi connectivity index (χ3n) is 3.83. The highest BCUT2D eigenvalue weighted by molar-refractivity contribution is 5.37. The fraction of sp³-hybridized carbons (Fsp3) is 0.375. The van der Waals surface area contributed by atoms with Crippen molar-refractivity contribution in [2.45, 2.75) is 12.0 Å². The highest BCUT2D eigenvalue weighted by Gasteiger charge is 2.37. The number of halogens is 1. The summed E-state index contributed by atoms with van der Waals surface area (Å²) in [5.41, 5.74) is 0.0406. The molecule has 0 amide bonds. The lowest BCUT2D eigenvalue weighted by Gasteiger charge is -2.42. The number of ether oxygens (including phenoxy) is 1. The Morgan fingerprint density at radius 1 is 1.36 bits per heavy atom. The van der Waals surface area contributed by atoms with Crippen molar-refractivity contribution < 1.29 is 14.2 Å². The summed E-state index contributed by atoms with van der Waals surface area (Å²) in [6, 6.07) is 6.38. The van der Waals surface area contributed by atoms with E-state index in [0.29, 0.717) is 26.1 Å². The van der Waals surface area contributed by atoms with E-state index in [1.54, 1.807) is 24.7 Å². The fourth-order valence-corrected chi connectivity index (χ4v) is 2.77. The molecule has 3 rings (SSSR count). The summed E-state index contributed by atoms with van der Waals surface area (Å²) in [6.45, 7) is 1.51. The maximum atomic E-state index is 13.4. The average Bonchev–Trinajstić information content (AvgIpc) is 2.56. The standard InChI is InChI=1S/C16H18FN3O2/c17-14-3-1-2-13(8-14)9-16(12-21)11-20(6-7-22-16)15-10-18-4-5-19-15/h1-5,8,10,21H,6-7,9,11-12H2/t16-/m1/s1. The molecule has 1 aliphatic heterocycles. The molecule has 5 nitrogen and oxygen atoms in total. The monoisotopic (exact) mass is 303 g/mol. The minimum Gasteiger partial charge on any atom is -0.393 e. The van der Waals surface area contributed by atoms with Gasteiger partial charge in [0.1, 0.15) is 17.2 Å². The number of benzene rings is 1. The number of hydrogen-bond acceptors (Lipinski definition) is 5. The first-order valence-corrected chi connectivity index (χ1v) is 7.21. The summed E-state index contributed by atoms with van der Waals surface area (Å²) in [7, 11) is 0. The molecule has 1 saturated heterocycles. The summed E-state index contributed by atoms with van der Waals surface area (Å²) in [6.07, 6.45) is 5.39. The van der Waals surface area contributed by atoms with E-state index in [1.807, 2.05) is 11.0 Å². The molecule has 22 heavy (non-hydrogen) atoms. The topological polar surface area (TPSA) is 58.5 Å². The first-order valence-electron chi connectivity index (χ1n) is 7.21. The summed E-state index contributed by atoms with van der Waals surface area (Å²) in [4.78, 5) is 10.4. The quantitative estimate of drug-likeness (QED) is 0.926. The molecule has 0 aliphatic carbocycles. The Labute approximate surface area is 128 Å². The van der Waals surface area contributed by atoms with Gasteiger partial charge in [-0.15, -0.1) is 0 Å². The smallest absolute Gasteiger partial charge is 0.147 e. The Bertz CT molecular complexity index is 626. The van der Waals surface area contributed by atoms with Crippen LogP contribution in [0.1, 0.15) is 5.56 Å². The molecule has 1 aliphatic rings. The zero-order valence-electron chi connectivity index (χ0n) is 12.2. The van der Waals surface area contributed by atoms with Gasteiger partial charge in [0.15, 0.2) is 0 Å². The van der Waals surface area contributed by atoms with Crippen molar-refractivity contribution in [3.05, 3.63) is 54.2 Å². The van der Waals surface area contributed by atoms with Crippen LogP contribution in [0.4, 0.5) is 10.2 Å². The Kier molecular flexibility index (Phi) is 4.31. The largest absolute Gasteiger partial charge is 0.393 e. The molecule has 1 N–H and O–H groups in total. The predicted octanol–water partition coefficient (Wildman–Crippen LogP) is 1.43.